The second-order valence-corrected chi connectivity index (χ2v) is 15.0. The zero-order valence-electron chi connectivity index (χ0n) is 28.8. The molecule has 0 unspecified atom stereocenters. The zero-order valence-corrected chi connectivity index (χ0v) is 28.8. The van der Waals surface area contributed by atoms with E-state index >= 15 is 0 Å². The molecular formula is C48H36N2. The van der Waals surface area contributed by atoms with Crippen molar-refractivity contribution in [2.75, 3.05) is 0 Å². The first-order valence-corrected chi connectivity index (χ1v) is 17.6. The summed E-state index contributed by atoms with van der Waals surface area (Å²) >= 11 is 0. The van der Waals surface area contributed by atoms with Crippen LogP contribution >= 0.6 is 0 Å². The van der Waals surface area contributed by atoms with Gasteiger partial charge in [-0.15, -0.1) is 0 Å². The molecule has 0 saturated heterocycles. The molecule has 0 radical (unpaired) electrons. The van der Waals surface area contributed by atoms with E-state index in [1.165, 1.54) is 88.3 Å². The Morgan fingerprint density at radius 3 is 1.54 bits per heavy atom. The van der Waals surface area contributed by atoms with Gasteiger partial charge in [-0.3, -0.25) is 9.97 Å². The second kappa shape index (κ2) is 10.3. The van der Waals surface area contributed by atoms with E-state index < -0.39 is 0 Å². The summed E-state index contributed by atoms with van der Waals surface area (Å²) in [6, 6.07) is 47.8. The molecule has 2 aliphatic carbocycles. The SMILES string of the molecule is CC1(C)c2ccccc2-c2ccc(-c3ccc4c(-c5cnccn5)c5ccccc5c(-c5ccc6c(c5)C(C)(C)c5ccccc5-6)c4c3)cc21. The quantitative estimate of drug-likeness (QED) is 0.180. The van der Waals surface area contributed by atoms with E-state index in [9.17, 15) is 0 Å². The first kappa shape index (κ1) is 29.1. The van der Waals surface area contributed by atoms with Crippen molar-refractivity contribution in [1.29, 1.82) is 0 Å². The van der Waals surface area contributed by atoms with Crippen molar-refractivity contribution in [3.05, 3.63) is 168 Å². The Hall–Kier alpha value is -5.86. The van der Waals surface area contributed by atoms with Gasteiger partial charge in [0.05, 0.1) is 11.9 Å². The highest BCUT2D eigenvalue weighted by atomic mass is 14.8. The minimum Gasteiger partial charge on any atom is -0.261 e. The number of fused-ring (bicyclic) bond motifs is 8. The maximum atomic E-state index is 4.83. The summed E-state index contributed by atoms with van der Waals surface area (Å²) in [5.41, 5.74) is 17.7. The van der Waals surface area contributed by atoms with Crippen LogP contribution in [0.1, 0.15) is 49.9 Å². The van der Waals surface area contributed by atoms with Crippen LogP contribution in [0.5, 0.6) is 0 Å². The number of benzene rings is 7. The van der Waals surface area contributed by atoms with E-state index in [4.69, 9.17) is 4.98 Å². The largest absolute Gasteiger partial charge is 0.261 e. The smallest absolute Gasteiger partial charge is 0.0897 e. The molecule has 8 aromatic rings. The van der Waals surface area contributed by atoms with E-state index in [1.807, 2.05) is 6.20 Å². The van der Waals surface area contributed by atoms with Gasteiger partial charge < -0.3 is 0 Å². The molecule has 50 heavy (non-hydrogen) atoms. The van der Waals surface area contributed by atoms with Gasteiger partial charge in [0.1, 0.15) is 0 Å². The highest BCUT2D eigenvalue weighted by Gasteiger charge is 2.36. The van der Waals surface area contributed by atoms with Gasteiger partial charge in [0.25, 0.3) is 0 Å². The van der Waals surface area contributed by atoms with Crippen LogP contribution in [0.25, 0.3) is 77.3 Å². The van der Waals surface area contributed by atoms with Crippen LogP contribution in [-0.4, -0.2) is 9.97 Å². The lowest BCUT2D eigenvalue weighted by Gasteiger charge is -2.23. The summed E-state index contributed by atoms with van der Waals surface area (Å²) in [4.78, 5) is 9.33. The van der Waals surface area contributed by atoms with Crippen molar-refractivity contribution in [1.82, 2.24) is 9.97 Å². The summed E-state index contributed by atoms with van der Waals surface area (Å²) in [7, 11) is 0. The Bertz CT molecular complexity index is 2700. The van der Waals surface area contributed by atoms with Gasteiger partial charge in [0.15, 0.2) is 0 Å². The molecular weight excluding hydrogens is 605 g/mol. The fraction of sp³-hybridized carbons (Fsp3) is 0.125. The molecule has 1 aromatic heterocycles. The molecule has 10 rings (SSSR count). The first-order chi connectivity index (χ1) is 24.3. The summed E-state index contributed by atoms with van der Waals surface area (Å²) < 4.78 is 0. The van der Waals surface area contributed by atoms with Crippen LogP contribution in [0.4, 0.5) is 0 Å². The third kappa shape index (κ3) is 3.96. The van der Waals surface area contributed by atoms with Gasteiger partial charge in [-0.25, -0.2) is 0 Å². The summed E-state index contributed by atoms with van der Waals surface area (Å²) in [5, 5.41) is 4.80. The lowest BCUT2D eigenvalue weighted by molar-refractivity contribution is 0.660. The van der Waals surface area contributed by atoms with Crippen molar-refractivity contribution in [3.8, 4) is 55.8 Å². The van der Waals surface area contributed by atoms with Gasteiger partial charge >= 0.3 is 0 Å². The molecule has 0 bridgehead atoms. The normalized spacial score (nSPS) is 14.7. The topological polar surface area (TPSA) is 25.8 Å². The number of hydrogen-bond acceptors (Lipinski definition) is 2. The van der Waals surface area contributed by atoms with Crippen LogP contribution in [0.3, 0.4) is 0 Å². The fourth-order valence-corrected chi connectivity index (χ4v) is 9.12. The Morgan fingerprint density at radius 1 is 0.400 bits per heavy atom. The van der Waals surface area contributed by atoms with Crippen molar-refractivity contribution < 1.29 is 0 Å². The molecule has 0 spiro atoms. The van der Waals surface area contributed by atoms with Gasteiger partial charge in [-0.1, -0.05) is 137 Å². The van der Waals surface area contributed by atoms with Crippen molar-refractivity contribution in [3.63, 3.8) is 0 Å². The van der Waals surface area contributed by atoms with Crippen LogP contribution in [0, 0.1) is 0 Å². The van der Waals surface area contributed by atoms with Crippen molar-refractivity contribution in [2.24, 2.45) is 0 Å². The number of rotatable bonds is 3. The van der Waals surface area contributed by atoms with E-state index in [1.54, 1.807) is 12.4 Å². The minimum absolute atomic E-state index is 0.0614. The molecule has 0 N–H and O–H groups in total. The molecule has 7 aromatic carbocycles. The van der Waals surface area contributed by atoms with Crippen LogP contribution in [0.15, 0.2) is 146 Å². The second-order valence-electron chi connectivity index (χ2n) is 15.0. The van der Waals surface area contributed by atoms with Gasteiger partial charge in [0.2, 0.25) is 0 Å². The molecule has 238 valence electrons. The van der Waals surface area contributed by atoms with E-state index in [0.717, 1.165) is 11.3 Å². The monoisotopic (exact) mass is 640 g/mol. The Balaban J connectivity index is 1.25. The van der Waals surface area contributed by atoms with Gasteiger partial charge in [-0.2, -0.15) is 0 Å². The minimum atomic E-state index is -0.0902. The van der Waals surface area contributed by atoms with E-state index in [2.05, 4.69) is 160 Å². The molecule has 0 aliphatic heterocycles. The molecule has 0 amide bonds. The lowest BCUT2D eigenvalue weighted by Crippen LogP contribution is -2.15. The predicted molar refractivity (Wildman–Crippen MR) is 208 cm³/mol. The molecule has 1 heterocycles. The molecule has 0 atom stereocenters. The third-order valence-corrected chi connectivity index (χ3v) is 11.6. The molecule has 0 fully saturated rings. The van der Waals surface area contributed by atoms with Crippen LogP contribution in [0.2, 0.25) is 0 Å². The van der Waals surface area contributed by atoms with Gasteiger partial charge in [-0.05, 0) is 107 Å². The summed E-state index contributed by atoms with van der Waals surface area (Å²) in [6.07, 6.45) is 5.44. The van der Waals surface area contributed by atoms with Gasteiger partial charge in [0, 0.05) is 28.8 Å². The fourth-order valence-electron chi connectivity index (χ4n) is 9.12. The molecule has 0 saturated carbocycles. The maximum Gasteiger partial charge on any atom is 0.0897 e. The Kier molecular flexibility index (Phi) is 6.01. The highest BCUT2D eigenvalue weighted by Crippen LogP contribution is 2.52. The van der Waals surface area contributed by atoms with E-state index in [0.29, 0.717) is 0 Å². The standard InChI is InChI=1S/C48H36N2/c1-47(2)40-15-9-7-11-32(40)34-20-17-30(26-42(34)47)29-18-22-38-39(25-29)45(36-13-5-6-14-37(36)46(38)44-28-49-23-24-50-44)31-19-21-35-33-12-8-10-16-41(33)48(3,4)43(35)27-31/h5-28H,1-4H3. The summed E-state index contributed by atoms with van der Waals surface area (Å²) in [6.45, 7) is 9.43. The molecule has 2 heteroatoms. The zero-order chi connectivity index (χ0) is 33.8. The van der Waals surface area contributed by atoms with Crippen LogP contribution in [-0.2, 0) is 10.8 Å². The van der Waals surface area contributed by atoms with Crippen LogP contribution < -0.4 is 0 Å². The third-order valence-electron chi connectivity index (χ3n) is 11.6. The molecule has 2 nitrogen and oxygen atoms in total. The first-order valence-electron chi connectivity index (χ1n) is 17.6. The van der Waals surface area contributed by atoms with Crippen molar-refractivity contribution >= 4 is 21.5 Å². The average molecular weight is 641 g/mol. The lowest BCUT2D eigenvalue weighted by atomic mass is 9.80. The number of aromatic nitrogens is 2. The molecule has 2 aliphatic rings. The van der Waals surface area contributed by atoms with E-state index in [-0.39, 0.29) is 10.8 Å². The number of hydrogen-bond donors (Lipinski definition) is 0. The van der Waals surface area contributed by atoms with Crippen molar-refractivity contribution in [2.45, 2.75) is 38.5 Å². The average Bonchev–Trinajstić information content (AvgIpc) is 3.53. The predicted octanol–water partition coefficient (Wildman–Crippen LogP) is 12.4. The highest BCUT2D eigenvalue weighted by molar-refractivity contribution is 6.21. The number of nitrogens with zero attached hydrogens (tertiary/aromatic N) is 2. The summed E-state index contributed by atoms with van der Waals surface area (Å²) in [5.74, 6) is 0. The maximum absolute atomic E-state index is 4.83. The Labute approximate surface area is 293 Å². The Morgan fingerprint density at radius 2 is 0.900 bits per heavy atom.